The number of hydrogen-bond donors (Lipinski definition) is 2. The number of amides is 1. The fraction of sp³-hybridized carbons (Fsp3) is 0.900. The second-order valence-electron chi connectivity index (χ2n) is 4.27. The van der Waals surface area contributed by atoms with Crippen molar-refractivity contribution < 1.29 is 13.6 Å². The van der Waals surface area contributed by atoms with Crippen molar-refractivity contribution in [2.45, 2.75) is 38.5 Å². The monoisotopic (exact) mass is 256 g/mol. The maximum atomic E-state index is 12.8. The first-order chi connectivity index (χ1) is 6.96. The highest BCUT2D eigenvalue weighted by Crippen LogP contribution is 2.49. The van der Waals surface area contributed by atoms with Crippen LogP contribution in [0.4, 0.5) is 8.78 Å². The summed E-state index contributed by atoms with van der Waals surface area (Å²) in [5.74, 6) is -3.23. The van der Waals surface area contributed by atoms with Crippen LogP contribution in [-0.2, 0) is 4.79 Å². The summed E-state index contributed by atoms with van der Waals surface area (Å²) in [6.07, 6.45) is 3.33. The van der Waals surface area contributed by atoms with Gasteiger partial charge >= 0.3 is 0 Å². The number of carbonyl (C=O) groups is 1. The van der Waals surface area contributed by atoms with Crippen LogP contribution in [0.5, 0.6) is 0 Å². The molecule has 3 N–H and O–H groups in total. The molecule has 96 valence electrons. The van der Waals surface area contributed by atoms with Crippen LogP contribution in [0.3, 0.4) is 0 Å². The molecule has 0 aromatic heterocycles. The van der Waals surface area contributed by atoms with E-state index in [1.54, 1.807) is 0 Å². The van der Waals surface area contributed by atoms with Crippen molar-refractivity contribution in [1.82, 2.24) is 5.32 Å². The number of rotatable bonds is 6. The second kappa shape index (κ2) is 5.77. The Hall–Kier alpha value is -0.420. The van der Waals surface area contributed by atoms with Crippen molar-refractivity contribution in [1.29, 1.82) is 0 Å². The minimum absolute atomic E-state index is 0. The van der Waals surface area contributed by atoms with Gasteiger partial charge in [-0.1, -0.05) is 13.3 Å². The molecule has 0 aliphatic heterocycles. The van der Waals surface area contributed by atoms with Crippen LogP contribution in [0.1, 0.15) is 32.6 Å². The van der Waals surface area contributed by atoms with Crippen LogP contribution in [0.25, 0.3) is 0 Å². The van der Waals surface area contributed by atoms with E-state index in [2.05, 4.69) is 5.32 Å². The van der Waals surface area contributed by atoms with Crippen molar-refractivity contribution >= 4 is 18.3 Å². The third-order valence-electron chi connectivity index (χ3n) is 2.87. The molecule has 0 aromatic carbocycles. The molecule has 0 spiro atoms. The van der Waals surface area contributed by atoms with Gasteiger partial charge in [0.05, 0.1) is 13.1 Å². The van der Waals surface area contributed by atoms with Gasteiger partial charge in [-0.05, 0) is 19.3 Å². The number of nitrogens with one attached hydrogen (secondary N) is 1. The molecular weight excluding hydrogens is 238 g/mol. The minimum Gasteiger partial charge on any atom is -0.350 e. The van der Waals surface area contributed by atoms with Crippen molar-refractivity contribution in [3.63, 3.8) is 0 Å². The SMILES string of the molecule is CCCC1(C(=O)NCC(F)(F)CN)CC1.Cl. The van der Waals surface area contributed by atoms with Gasteiger partial charge in [0.2, 0.25) is 5.91 Å². The zero-order valence-corrected chi connectivity index (χ0v) is 10.2. The molecule has 0 atom stereocenters. The summed E-state index contributed by atoms with van der Waals surface area (Å²) >= 11 is 0. The highest BCUT2D eigenvalue weighted by molar-refractivity contribution is 5.85. The zero-order chi connectivity index (χ0) is 11.5. The van der Waals surface area contributed by atoms with Crippen LogP contribution < -0.4 is 11.1 Å². The van der Waals surface area contributed by atoms with Crippen LogP contribution in [0.2, 0.25) is 0 Å². The average molecular weight is 257 g/mol. The molecule has 0 aromatic rings. The Balaban J connectivity index is 0.00000225. The second-order valence-corrected chi connectivity index (χ2v) is 4.27. The van der Waals surface area contributed by atoms with Gasteiger partial charge in [0.15, 0.2) is 0 Å². The Bertz CT molecular complexity index is 245. The molecule has 1 fully saturated rings. The standard InChI is InChI=1S/C10H18F2N2O.ClH/c1-2-3-9(4-5-9)8(15)14-7-10(11,12)6-13;/h2-7,13H2,1H3,(H,14,15);1H. The lowest BCUT2D eigenvalue weighted by Gasteiger charge is -2.18. The summed E-state index contributed by atoms with van der Waals surface area (Å²) in [4.78, 5) is 11.6. The molecule has 1 saturated carbocycles. The zero-order valence-electron chi connectivity index (χ0n) is 9.39. The Kier molecular flexibility index (Phi) is 5.62. The van der Waals surface area contributed by atoms with Crippen LogP contribution >= 0.6 is 12.4 Å². The molecule has 16 heavy (non-hydrogen) atoms. The maximum absolute atomic E-state index is 12.8. The lowest BCUT2D eigenvalue weighted by molar-refractivity contribution is -0.128. The van der Waals surface area contributed by atoms with Crippen molar-refractivity contribution in [3.8, 4) is 0 Å². The quantitative estimate of drug-likeness (QED) is 0.760. The fourth-order valence-electron chi connectivity index (χ4n) is 1.69. The third-order valence-corrected chi connectivity index (χ3v) is 2.87. The molecule has 3 nitrogen and oxygen atoms in total. The summed E-state index contributed by atoms with van der Waals surface area (Å²) < 4.78 is 25.5. The summed E-state index contributed by atoms with van der Waals surface area (Å²) in [6.45, 7) is 0.615. The first-order valence-electron chi connectivity index (χ1n) is 5.32. The molecular formula is C10H19ClF2N2O. The van der Waals surface area contributed by atoms with Crippen LogP contribution in [-0.4, -0.2) is 24.9 Å². The van der Waals surface area contributed by atoms with E-state index in [0.29, 0.717) is 0 Å². The minimum atomic E-state index is -2.99. The number of alkyl halides is 2. The van der Waals surface area contributed by atoms with Crippen LogP contribution in [0.15, 0.2) is 0 Å². The van der Waals surface area contributed by atoms with E-state index in [1.165, 1.54) is 0 Å². The Morgan fingerprint density at radius 1 is 1.50 bits per heavy atom. The summed E-state index contributed by atoms with van der Waals surface area (Å²) in [5, 5.41) is 2.29. The Morgan fingerprint density at radius 2 is 2.06 bits per heavy atom. The van der Waals surface area contributed by atoms with Gasteiger partial charge in [-0.2, -0.15) is 0 Å². The number of hydrogen-bond acceptors (Lipinski definition) is 2. The van der Waals surface area contributed by atoms with Gasteiger partial charge < -0.3 is 11.1 Å². The lowest BCUT2D eigenvalue weighted by atomic mass is 10.00. The van der Waals surface area contributed by atoms with Gasteiger partial charge in [0, 0.05) is 5.41 Å². The van der Waals surface area contributed by atoms with Crippen LogP contribution in [0, 0.1) is 5.41 Å². The topological polar surface area (TPSA) is 55.1 Å². The summed E-state index contributed by atoms with van der Waals surface area (Å²) in [7, 11) is 0. The molecule has 1 rings (SSSR count). The molecule has 0 bridgehead atoms. The molecule has 0 unspecified atom stereocenters. The molecule has 6 heteroatoms. The fourth-order valence-corrected chi connectivity index (χ4v) is 1.69. The van der Waals surface area contributed by atoms with Crippen molar-refractivity contribution in [2.75, 3.05) is 13.1 Å². The molecule has 0 radical (unpaired) electrons. The highest BCUT2D eigenvalue weighted by Gasteiger charge is 2.49. The Morgan fingerprint density at radius 3 is 2.44 bits per heavy atom. The molecule has 1 aliphatic rings. The molecule has 0 heterocycles. The van der Waals surface area contributed by atoms with E-state index in [0.717, 1.165) is 25.7 Å². The smallest absolute Gasteiger partial charge is 0.277 e. The molecule has 0 saturated heterocycles. The predicted molar refractivity (Wildman–Crippen MR) is 60.8 cm³/mol. The van der Waals surface area contributed by atoms with E-state index >= 15 is 0 Å². The predicted octanol–water partition coefficient (Wildman–Crippen LogP) is 1.70. The van der Waals surface area contributed by atoms with E-state index < -0.39 is 19.0 Å². The van der Waals surface area contributed by atoms with Crippen molar-refractivity contribution in [3.05, 3.63) is 0 Å². The summed E-state index contributed by atoms with van der Waals surface area (Å²) in [6, 6.07) is 0. The maximum Gasteiger partial charge on any atom is 0.277 e. The first kappa shape index (κ1) is 15.6. The highest BCUT2D eigenvalue weighted by atomic mass is 35.5. The Labute approximate surface area is 101 Å². The number of nitrogens with two attached hydrogens (primary N) is 1. The van der Waals surface area contributed by atoms with E-state index in [9.17, 15) is 13.6 Å². The largest absolute Gasteiger partial charge is 0.350 e. The number of carbonyl (C=O) groups excluding carboxylic acids is 1. The van der Waals surface area contributed by atoms with Gasteiger partial charge in [-0.15, -0.1) is 12.4 Å². The lowest BCUT2D eigenvalue weighted by Crippen LogP contribution is -2.44. The van der Waals surface area contributed by atoms with Crippen molar-refractivity contribution in [2.24, 2.45) is 11.1 Å². The average Bonchev–Trinajstić information content (AvgIpc) is 2.96. The van der Waals surface area contributed by atoms with E-state index in [1.807, 2.05) is 6.92 Å². The molecule has 1 aliphatic carbocycles. The normalized spacial score (nSPS) is 17.5. The van der Waals surface area contributed by atoms with Gasteiger partial charge in [0.1, 0.15) is 0 Å². The van der Waals surface area contributed by atoms with Gasteiger partial charge in [-0.3, -0.25) is 4.79 Å². The number of halogens is 3. The van der Waals surface area contributed by atoms with E-state index in [-0.39, 0.29) is 23.7 Å². The van der Waals surface area contributed by atoms with Gasteiger partial charge in [-0.25, -0.2) is 8.78 Å². The van der Waals surface area contributed by atoms with E-state index in [4.69, 9.17) is 5.73 Å². The summed E-state index contributed by atoms with van der Waals surface area (Å²) in [5.41, 5.74) is 4.53. The third kappa shape index (κ3) is 3.87. The molecule has 1 amide bonds. The first-order valence-corrected chi connectivity index (χ1v) is 5.32. The van der Waals surface area contributed by atoms with Gasteiger partial charge in [0.25, 0.3) is 5.92 Å².